The summed E-state index contributed by atoms with van der Waals surface area (Å²) in [6.45, 7) is 10.6. The quantitative estimate of drug-likeness (QED) is 0.747. The lowest BCUT2D eigenvalue weighted by Crippen LogP contribution is -2.24. The van der Waals surface area contributed by atoms with Gasteiger partial charge in [0.1, 0.15) is 0 Å². The van der Waals surface area contributed by atoms with Gasteiger partial charge in [0.05, 0.1) is 13.2 Å². The molecule has 1 aromatic carbocycles. The summed E-state index contributed by atoms with van der Waals surface area (Å²) < 4.78 is 5.78. The Balaban J connectivity index is 2.35. The van der Waals surface area contributed by atoms with E-state index in [0.29, 0.717) is 17.9 Å². The van der Waals surface area contributed by atoms with Crippen LogP contribution in [-0.4, -0.2) is 6.61 Å². The van der Waals surface area contributed by atoms with E-state index < -0.39 is 0 Å². The van der Waals surface area contributed by atoms with Gasteiger partial charge in [0, 0.05) is 12.1 Å². The van der Waals surface area contributed by atoms with Crippen molar-refractivity contribution in [1.29, 1.82) is 0 Å². The largest absolute Gasteiger partial charge is 0.376 e. The van der Waals surface area contributed by atoms with Crippen molar-refractivity contribution in [2.24, 2.45) is 11.3 Å². The van der Waals surface area contributed by atoms with Crippen LogP contribution < -0.4 is 0 Å². The zero-order valence-corrected chi connectivity index (χ0v) is 12.1. The number of hydrogen-bond acceptors (Lipinski definition) is 1. The number of rotatable bonds is 6. The van der Waals surface area contributed by atoms with Gasteiger partial charge in [-0.15, -0.1) is 0 Å². The van der Waals surface area contributed by atoms with Crippen molar-refractivity contribution in [3.63, 3.8) is 0 Å². The van der Waals surface area contributed by atoms with Crippen molar-refractivity contribution in [3.8, 4) is 0 Å². The molecule has 1 unspecified atom stereocenters. The van der Waals surface area contributed by atoms with Crippen LogP contribution in [0.1, 0.15) is 39.7 Å². The third kappa shape index (κ3) is 4.69. The summed E-state index contributed by atoms with van der Waals surface area (Å²) in [4.78, 5) is 0. The van der Waals surface area contributed by atoms with E-state index in [1.165, 1.54) is 12.0 Å². The molecule has 0 saturated carbocycles. The average Bonchev–Trinajstić information content (AvgIpc) is 2.31. The van der Waals surface area contributed by atoms with Crippen LogP contribution in [0, 0.1) is 22.9 Å². The summed E-state index contributed by atoms with van der Waals surface area (Å²) >= 11 is 5.05. The summed E-state index contributed by atoms with van der Waals surface area (Å²) in [5.41, 5.74) is 1.55. The van der Waals surface area contributed by atoms with E-state index in [-0.39, 0.29) is 0 Å². The van der Waals surface area contributed by atoms with Gasteiger partial charge in [-0.3, -0.25) is 0 Å². The van der Waals surface area contributed by atoms with E-state index in [1.807, 2.05) is 24.3 Å². The normalized spacial score (nSPS) is 13.7. The molecule has 0 fully saturated rings. The van der Waals surface area contributed by atoms with E-state index in [1.54, 1.807) is 0 Å². The fourth-order valence-corrected chi connectivity index (χ4v) is 1.65. The SMILES string of the molecule is CCC(C)(C)C(C)COCc1ccc([ClH+])cc1. The molecule has 1 nitrogen and oxygen atoms in total. The number of benzene rings is 1. The summed E-state index contributed by atoms with van der Waals surface area (Å²) in [6.07, 6.45) is 1.18. The van der Waals surface area contributed by atoms with E-state index in [4.69, 9.17) is 16.3 Å². The molecule has 1 rings (SSSR count). The first-order valence-corrected chi connectivity index (χ1v) is 6.70. The standard InChI is InChI=1S/C15H24ClO/c1-5-15(3,4)12(2)10-17-11-13-6-8-14(16)9-7-13/h6-9,12,16H,5,10-11H2,1-4H3/q+1. The lowest BCUT2D eigenvalue weighted by molar-refractivity contribution is -0.288. The van der Waals surface area contributed by atoms with Crippen molar-refractivity contribution in [2.75, 3.05) is 6.61 Å². The fourth-order valence-electron chi connectivity index (χ4n) is 1.51. The lowest BCUT2D eigenvalue weighted by Gasteiger charge is -2.30. The highest BCUT2D eigenvalue weighted by molar-refractivity contribution is 5.18. The molecule has 17 heavy (non-hydrogen) atoms. The van der Waals surface area contributed by atoms with Crippen molar-refractivity contribution in [1.82, 2.24) is 0 Å². The molecule has 0 saturated heterocycles. The second-order valence-electron chi connectivity index (χ2n) is 5.40. The number of halogens is 1. The molecule has 0 radical (unpaired) electrons. The van der Waals surface area contributed by atoms with Gasteiger partial charge in [0.2, 0.25) is 5.02 Å². The second-order valence-corrected chi connectivity index (χ2v) is 5.87. The molecule has 1 atom stereocenters. The smallest absolute Gasteiger partial charge is 0.225 e. The molecule has 0 spiro atoms. The van der Waals surface area contributed by atoms with Gasteiger partial charge in [0.25, 0.3) is 0 Å². The van der Waals surface area contributed by atoms with Gasteiger partial charge in [-0.2, -0.15) is 0 Å². The van der Waals surface area contributed by atoms with Crippen LogP contribution in [0.25, 0.3) is 0 Å². The van der Waals surface area contributed by atoms with Gasteiger partial charge in [-0.1, -0.05) is 46.2 Å². The summed E-state index contributed by atoms with van der Waals surface area (Å²) in [5, 5.41) is 0.884. The van der Waals surface area contributed by atoms with E-state index in [2.05, 4.69) is 27.7 Å². The van der Waals surface area contributed by atoms with Crippen LogP contribution in [0.2, 0.25) is 5.02 Å². The Kier molecular flexibility index (Phi) is 5.48. The Morgan fingerprint density at radius 3 is 2.35 bits per heavy atom. The maximum Gasteiger partial charge on any atom is 0.225 e. The molecule has 1 aromatic rings. The molecule has 0 heterocycles. The second kappa shape index (κ2) is 6.42. The highest BCUT2D eigenvalue weighted by atomic mass is 35.5. The first-order valence-electron chi connectivity index (χ1n) is 6.29. The zero-order valence-electron chi connectivity index (χ0n) is 11.3. The highest BCUT2D eigenvalue weighted by Crippen LogP contribution is 2.30. The van der Waals surface area contributed by atoms with Crippen LogP contribution in [0.15, 0.2) is 24.3 Å². The predicted octanol–water partition coefficient (Wildman–Crippen LogP) is 3.97. The van der Waals surface area contributed by atoms with Crippen molar-refractivity contribution in [3.05, 3.63) is 34.9 Å². The maximum absolute atomic E-state index is 5.78. The number of hydrogen-bond donors (Lipinski definition) is 0. The van der Waals surface area contributed by atoms with Crippen LogP contribution >= 0.6 is 0 Å². The number of ether oxygens (including phenoxy) is 1. The van der Waals surface area contributed by atoms with Crippen molar-refractivity contribution in [2.45, 2.75) is 40.7 Å². The molecular formula is C15H24ClO+. The molecule has 0 bridgehead atoms. The topological polar surface area (TPSA) is 9.23 Å². The monoisotopic (exact) mass is 255 g/mol. The third-order valence-corrected chi connectivity index (χ3v) is 4.08. The minimum Gasteiger partial charge on any atom is -0.376 e. The van der Waals surface area contributed by atoms with E-state index in [0.717, 1.165) is 11.6 Å². The van der Waals surface area contributed by atoms with Gasteiger partial charge < -0.3 is 4.74 Å². The van der Waals surface area contributed by atoms with Crippen molar-refractivity contribution < 1.29 is 16.3 Å². The molecular weight excluding hydrogens is 232 g/mol. The predicted molar refractivity (Wildman–Crippen MR) is 69.9 cm³/mol. The lowest BCUT2D eigenvalue weighted by atomic mass is 9.78. The average molecular weight is 256 g/mol. The van der Waals surface area contributed by atoms with Gasteiger partial charge in [0.15, 0.2) is 11.6 Å². The molecule has 2 heteroatoms. The van der Waals surface area contributed by atoms with Gasteiger partial charge in [-0.05, 0) is 16.9 Å². The van der Waals surface area contributed by atoms with E-state index in [9.17, 15) is 0 Å². The maximum atomic E-state index is 5.78. The van der Waals surface area contributed by atoms with Crippen molar-refractivity contribution >= 4 is 0 Å². The molecule has 0 aliphatic carbocycles. The highest BCUT2D eigenvalue weighted by Gasteiger charge is 2.23. The zero-order chi connectivity index (χ0) is 12.9. The minimum atomic E-state index is 0.352. The molecule has 96 valence electrons. The molecule has 0 aromatic heterocycles. The molecule has 0 aliphatic rings. The Morgan fingerprint density at radius 2 is 1.82 bits per heavy atom. The molecule has 0 amide bonds. The van der Waals surface area contributed by atoms with Crippen LogP contribution in [0.4, 0.5) is 0 Å². The Hall–Kier alpha value is -0.530. The summed E-state index contributed by atoms with van der Waals surface area (Å²) in [5.74, 6) is 0.575. The van der Waals surface area contributed by atoms with Crippen LogP contribution in [0.3, 0.4) is 0 Å². The fraction of sp³-hybridized carbons (Fsp3) is 0.600. The minimum absolute atomic E-state index is 0.352. The van der Waals surface area contributed by atoms with Crippen LogP contribution in [0.5, 0.6) is 0 Å². The summed E-state index contributed by atoms with van der Waals surface area (Å²) in [6, 6.07) is 7.98. The summed E-state index contributed by atoms with van der Waals surface area (Å²) in [7, 11) is 0. The Bertz CT molecular complexity index is 329. The Morgan fingerprint density at radius 1 is 1.24 bits per heavy atom. The van der Waals surface area contributed by atoms with E-state index >= 15 is 0 Å². The van der Waals surface area contributed by atoms with Gasteiger partial charge >= 0.3 is 0 Å². The third-order valence-electron chi connectivity index (χ3n) is 3.81. The molecule has 0 aliphatic heterocycles. The Labute approximate surface area is 110 Å². The molecule has 0 N–H and O–H groups in total. The van der Waals surface area contributed by atoms with Gasteiger partial charge in [-0.25, -0.2) is 0 Å². The first kappa shape index (κ1) is 14.5. The van der Waals surface area contributed by atoms with Crippen LogP contribution in [-0.2, 0) is 11.3 Å². The first-order chi connectivity index (χ1) is 7.95.